The summed E-state index contributed by atoms with van der Waals surface area (Å²) in [5.41, 5.74) is -0.309. The lowest BCUT2D eigenvalue weighted by Gasteiger charge is -2.22. The van der Waals surface area contributed by atoms with E-state index in [2.05, 4.69) is 6.92 Å². The number of unbranched alkanes of at least 4 members (excludes halogenated alkanes) is 3. The van der Waals surface area contributed by atoms with E-state index in [1.807, 2.05) is 20.8 Å². The Bertz CT molecular complexity index is 140. The predicted octanol–water partition coefficient (Wildman–Crippen LogP) is 3.06. The highest BCUT2D eigenvalue weighted by Crippen LogP contribution is 2.13. The number of aliphatic hydroxyl groups excluding tert-OH is 1. The molecule has 0 aromatic rings. The molecule has 0 amide bonds. The molecule has 0 aromatic heterocycles. The van der Waals surface area contributed by atoms with Crippen LogP contribution in [-0.2, 0) is 9.78 Å². The van der Waals surface area contributed by atoms with E-state index in [-0.39, 0.29) is 18.3 Å². The number of rotatable bonds is 8. The minimum absolute atomic E-state index is 0.0300. The zero-order valence-electron chi connectivity index (χ0n) is 10.6. The molecule has 0 aliphatic carbocycles. The second kappa shape index (κ2) is 8.08. The molecule has 1 N–H and O–H groups in total. The Morgan fingerprint density at radius 2 is 1.80 bits per heavy atom. The molecular weight excluding hydrogens is 192 g/mol. The van der Waals surface area contributed by atoms with Crippen molar-refractivity contribution in [2.45, 2.75) is 71.5 Å². The van der Waals surface area contributed by atoms with Crippen molar-refractivity contribution in [3.05, 3.63) is 0 Å². The first-order valence-corrected chi connectivity index (χ1v) is 5.95. The third-order valence-corrected chi connectivity index (χ3v) is 2.02. The van der Waals surface area contributed by atoms with Crippen molar-refractivity contribution < 1.29 is 14.9 Å². The summed E-state index contributed by atoms with van der Waals surface area (Å²) in [6.45, 7) is 8.00. The van der Waals surface area contributed by atoms with Crippen molar-refractivity contribution in [1.29, 1.82) is 0 Å². The maximum absolute atomic E-state index is 9.07. The number of hydrogen-bond donors (Lipinski definition) is 1. The van der Waals surface area contributed by atoms with Gasteiger partial charge in [-0.2, -0.15) is 0 Å². The molecule has 0 aliphatic rings. The van der Waals surface area contributed by atoms with Crippen LogP contribution >= 0.6 is 0 Å². The smallest absolute Gasteiger partial charge is 0.116 e. The van der Waals surface area contributed by atoms with Gasteiger partial charge in [-0.05, 0) is 27.2 Å². The molecule has 15 heavy (non-hydrogen) atoms. The molecule has 0 radical (unpaired) electrons. The van der Waals surface area contributed by atoms with Gasteiger partial charge in [0.15, 0.2) is 0 Å². The van der Waals surface area contributed by atoms with Crippen molar-refractivity contribution in [1.82, 2.24) is 0 Å². The zero-order chi connectivity index (χ0) is 11.7. The summed E-state index contributed by atoms with van der Waals surface area (Å²) in [4.78, 5) is 10.4. The largest absolute Gasteiger partial charge is 0.394 e. The minimum atomic E-state index is -0.309. The van der Waals surface area contributed by atoms with Gasteiger partial charge in [-0.3, -0.25) is 0 Å². The molecule has 92 valence electrons. The SMILES string of the molecule is CCCCCCC(CO)OOC(C)(C)C. The zero-order valence-corrected chi connectivity index (χ0v) is 10.6. The van der Waals surface area contributed by atoms with Gasteiger partial charge in [-0.1, -0.05) is 32.6 Å². The predicted molar refractivity (Wildman–Crippen MR) is 61.6 cm³/mol. The topological polar surface area (TPSA) is 38.7 Å². The Morgan fingerprint density at radius 1 is 1.13 bits per heavy atom. The molecule has 0 rings (SSSR count). The molecule has 3 heteroatoms. The van der Waals surface area contributed by atoms with Gasteiger partial charge in [0.1, 0.15) is 6.10 Å². The second-order valence-corrected chi connectivity index (χ2v) is 4.95. The van der Waals surface area contributed by atoms with Crippen molar-refractivity contribution in [3.63, 3.8) is 0 Å². The summed E-state index contributed by atoms with van der Waals surface area (Å²) in [7, 11) is 0. The molecule has 0 aliphatic heterocycles. The highest BCUT2D eigenvalue weighted by atomic mass is 17.2. The normalized spacial score (nSPS) is 14.2. The minimum Gasteiger partial charge on any atom is -0.394 e. The van der Waals surface area contributed by atoms with Crippen LogP contribution in [0.25, 0.3) is 0 Å². The third-order valence-electron chi connectivity index (χ3n) is 2.02. The summed E-state index contributed by atoms with van der Waals surface area (Å²) in [6, 6.07) is 0. The summed E-state index contributed by atoms with van der Waals surface area (Å²) < 4.78 is 0. The van der Waals surface area contributed by atoms with E-state index in [0.717, 1.165) is 12.8 Å². The maximum Gasteiger partial charge on any atom is 0.116 e. The Hall–Kier alpha value is -0.120. The molecule has 0 spiro atoms. The van der Waals surface area contributed by atoms with Crippen LogP contribution in [0, 0.1) is 0 Å². The molecule has 0 fully saturated rings. The fourth-order valence-electron chi connectivity index (χ4n) is 1.18. The van der Waals surface area contributed by atoms with Gasteiger partial charge in [0.05, 0.1) is 12.2 Å². The molecule has 0 saturated heterocycles. The van der Waals surface area contributed by atoms with Crippen LogP contribution in [0.1, 0.15) is 59.8 Å². The Morgan fingerprint density at radius 3 is 2.27 bits per heavy atom. The summed E-state index contributed by atoms with van der Waals surface area (Å²) in [5, 5.41) is 9.07. The van der Waals surface area contributed by atoms with Crippen LogP contribution in [0.15, 0.2) is 0 Å². The summed E-state index contributed by atoms with van der Waals surface area (Å²) in [5.74, 6) is 0. The van der Waals surface area contributed by atoms with Crippen LogP contribution in [0.5, 0.6) is 0 Å². The van der Waals surface area contributed by atoms with Crippen molar-refractivity contribution in [2.75, 3.05) is 6.61 Å². The molecular formula is C12H26O3. The van der Waals surface area contributed by atoms with Crippen LogP contribution < -0.4 is 0 Å². The van der Waals surface area contributed by atoms with Crippen molar-refractivity contribution in [3.8, 4) is 0 Å². The molecule has 0 aromatic carbocycles. The molecule has 0 saturated carbocycles. The molecule has 1 unspecified atom stereocenters. The average molecular weight is 218 g/mol. The van der Waals surface area contributed by atoms with E-state index in [0.29, 0.717) is 0 Å². The van der Waals surface area contributed by atoms with Gasteiger partial charge >= 0.3 is 0 Å². The van der Waals surface area contributed by atoms with Gasteiger partial charge in [0.25, 0.3) is 0 Å². The first kappa shape index (κ1) is 14.9. The van der Waals surface area contributed by atoms with Gasteiger partial charge in [-0.25, -0.2) is 9.78 Å². The monoisotopic (exact) mass is 218 g/mol. The molecule has 0 bridgehead atoms. The highest BCUT2D eigenvalue weighted by molar-refractivity contribution is 4.58. The van der Waals surface area contributed by atoms with Crippen LogP contribution in [0.4, 0.5) is 0 Å². The summed E-state index contributed by atoms with van der Waals surface area (Å²) in [6.07, 6.45) is 5.45. The molecule has 1 atom stereocenters. The second-order valence-electron chi connectivity index (χ2n) is 4.95. The standard InChI is InChI=1S/C12H26O3/c1-5-6-7-8-9-11(10-13)14-15-12(2,3)4/h11,13H,5-10H2,1-4H3. The summed E-state index contributed by atoms with van der Waals surface area (Å²) >= 11 is 0. The third kappa shape index (κ3) is 10.2. The Balaban J connectivity index is 3.55. The number of hydrogen-bond acceptors (Lipinski definition) is 3. The van der Waals surface area contributed by atoms with E-state index in [1.54, 1.807) is 0 Å². The highest BCUT2D eigenvalue weighted by Gasteiger charge is 2.16. The lowest BCUT2D eigenvalue weighted by molar-refractivity contribution is -0.377. The van der Waals surface area contributed by atoms with Crippen molar-refractivity contribution in [2.24, 2.45) is 0 Å². The van der Waals surface area contributed by atoms with E-state index in [1.165, 1.54) is 19.3 Å². The Labute approximate surface area is 93.7 Å². The van der Waals surface area contributed by atoms with Gasteiger partial charge in [0, 0.05) is 0 Å². The Kier molecular flexibility index (Phi) is 8.02. The van der Waals surface area contributed by atoms with Gasteiger partial charge in [0.2, 0.25) is 0 Å². The van der Waals surface area contributed by atoms with Gasteiger partial charge < -0.3 is 5.11 Å². The lowest BCUT2D eigenvalue weighted by Crippen LogP contribution is -2.26. The molecule has 3 nitrogen and oxygen atoms in total. The van der Waals surface area contributed by atoms with Gasteiger partial charge in [-0.15, -0.1) is 0 Å². The van der Waals surface area contributed by atoms with Crippen molar-refractivity contribution >= 4 is 0 Å². The quantitative estimate of drug-likeness (QED) is 0.386. The lowest BCUT2D eigenvalue weighted by atomic mass is 10.1. The fraction of sp³-hybridized carbons (Fsp3) is 1.00. The maximum atomic E-state index is 9.07. The fourth-order valence-corrected chi connectivity index (χ4v) is 1.18. The van der Waals surface area contributed by atoms with E-state index in [4.69, 9.17) is 14.9 Å². The number of aliphatic hydroxyl groups is 1. The van der Waals surface area contributed by atoms with E-state index >= 15 is 0 Å². The van der Waals surface area contributed by atoms with Crippen LogP contribution in [-0.4, -0.2) is 23.4 Å². The van der Waals surface area contributed by atoms with E-state index in [9.17, 15) is 0 Å². The first-order valence-electron chi connectivity index (χ1n) is 5.95. The van der Waals surface area contributed by atoms with Crippen LogP contribution in [0.2, 0.25) is 0 Å². The van der Waals surface area contributed by atoms with E-state index < -0.39 is 0 Å². The first-order chi connectivity index (χ1) is 6.99. The average Bonchev–Trinajstić information content (AvgIpc) is 2.15. The van der Waals surface area contributed by atoms with Crippen LogP contribution in [0.3, 0.4) is 0 Å². The molecule has 0 heterocycles.